The van der Waals surface area contributed by atoms with Crippen molar-refractivity contribution in [2.75, 3.05) is 7.05 Å². The van der Waals surface area contributed by atoms with E-state index in [1.54, 1.807) is 25.4 Å². The molecule has 5 heteroatoms. The van der Waals surface area contributed by atoms with Crippen LogP contribution in [0.3, 0.4) is 0 Å². The number of furan rings is 1. The van der Waals surface area contributed by atoms with Crippen LogP contribution in [0.25, 0.3) is 0 Å². The first-order valence-electron chi connectivity index (χ1n) is 5.13. The van der Waals surface area contributed by atoms with Gasteiger partial charge in [-0.1, -0.05) is 0 Å². The van der Waals surface area contributed by atoms with Crippen LogP contribution >= 0.6 is 0 Å². The van der Waals surface area contributed by atoms with Crippen molar-refractivity contribution < 1.29 is 9.21 Å². The Morgan fingerprint density at radius 2 is 2.29 bits per heavy atom. The van der Waals surface area contributed by atoms with E-state index in [9.17, 15) is 9.59 Å². The molecule has 0 radical (unpaired) electrons. The summed E-state index contributed by atoms with van der Waals surface area (Å²) in [6, 6.07) is 4.86. The second kappa shape index (κ2) is 4.69. The summed E-state index contributed by atoms with van der Waals surface area (Å²) in [7, 11) is 1.62. The number of H-pyrrole nitrogens is 1. The number of nitrogens with zero attached hydrogens (tertiary/aromatic N) is 1. The van der Waals surface area contributed by atoms with E-state index in [2.05, 4.69) is 4.98 Å². The Hall–Kier alpha value is -2.30. The fourth-order valence-corrected chi connectivity index (χ4v) is 1.50. The van der Waals surface area contributed by atoms with Gasteiger partial charge in [-0.2, -0.15) is 0 Å². The van der Waals surface area contributed by atoms with E-state index < -0.39 is 0 Å². The number of hydrogen-bond donors (Lipinski definition) is 1. The van der Waals surface area contributed by atoms with E-state index in [0.717, 1.165) is 0 Å². The molecule has 0 aliphatic rings. The number of amides is 1. The Balaban J connectivity index is 2.15. The van der Waals surface area contributed by atoms with E-state index in [0.29, 0.717) is 12.3 Å². The molecule has 2 heterocycles. The zero-order chi connectivity index (χ0) is 12.3. The first-order valence-corrected chi connectivity index (χ1v) is 5.13. The summed E-state index contributed by atoms with van der Waals surface area (Å²) in [4.78, 5) is 27.6. The molecule has 0 atom stereocenters. The molecule has 0 fully saturated rings. The number of hydrogen-bond acceptors (Lipinski definition) is 3. The second-order valence-corrected chi connectivity index (χ2v) is 3.66. The fourth-order valence-electron chi connectivity index (χ4n) is 1.50. The third-order valence-electron chi connectivity index (χ3n) is 2.37. The highest BCUT2D eigenvalue weighted by atomic mass is 16.3. The molecular formula is C12H12N2O3. The lowest BCUT2D eigenvalue weighted by Gasteiger charge is -2.14. The van der Waals surface area contributed by atoms with Gasteiger partial charge in [0.1, 0.15) is 11.3 Å². The minimum Gasteiger partial charge on any atom is -0.467 e. The minimum atomic E-state index is -0.330. The lowest BCUT2D eigenvalue weighted by Crippen LogP contribution is -2.30. The van der Waals surface area contributed by atoms with Gasteiger partial charge in [-0.25, -0.2) is 0 Å². The van der Waals surface area contributed by atoms with Crippen LogP contribution in [0.15, 0.2) is 46.1 Å². The highest BCUT2D eigenvalue weighted by Gasteiger charge is 2.15. The Morgan fingerprint density at radius 1 is 1.47 bits per heavy atom. The van der Waals surface area contributed by atoms with Crippen molar-refractivity contribution in [3.8, 4) is 0 Å². The molecule has 2 rings (SSSR count). The maximum atomic E-state index is 12.0. The number of pyridine rings is 1. The van der Waals surface area contributed by atoms with Crippen LogP contribution in [-0.2, 0) is 6.54 Å². The summed E-state index contributed by atoms with van der Waals surface area (Å²) in [5, 5.41) is 0. The van der Waals surface area contributed by atoms with Crippen molar-refractivity contribution in [1.82, 2.24) is 9.88 Å². The van der Waals surface area contributed by atoms with Gasteiger partial charge in [0.25, 0.3) is 5.91 Å². The minimum absolute atomic E-state index is 0.126. The van der Waals surface area contributed by atoms with Crippen LogP contribution in [0.4, 0.5) is 0 Å². The van der Waals surface area contributed by atoms with Crippen LogP contribution in [0.2, 0.25) is 0 Å². The topological polar surface area (TPSA) is 66.3 Å². The zero-order valence-corrected chi connectivity index (χ0v) is 9.34. The first kappa shape index (κ1) is 11.2. The average molecular weight is 232 g/mol. The molecule has 0 saturated heterocycles. The van der Waals surface area contributed by atoms with Crippen LogP contribution < -0.4 is 5.43 Å². The standard InChI is InChI=1S/C12H12N2O3/c1-14(8-9-3-2-6-17-9)12(16)10-7-13-5-4-11(10)15/h2-7H,8H2,1H3,(H,13,15). The molecular weight excluding hydrogens is 220 g/mol. The highest BCUT2D eigenvalue weighted by molar-refractivity contribution is 5.93. The number of aromatic amines is 1. The molecule has 1 amide bonds. The molecule has 0 bridgehead atoms. The third-order valence-corrected chi connectivity index (χ3v) is 2.37. The number of carbonyl (C=O) groups is 1. The van der Waals surface area contributed by atoms with Gasteiger partial charge < -0.3 is 14.3 Å². The van der Waals surface area contributed by atoms with Crippen molar-refractivity contribution in [2.24, 2.45) is 0 Å². The van der Waals surface area contributed by atoms with Crippen LogP contribution in [0.5, 0.6) is 0 Å². The maximum Gasteiger partial charge on any atom is 0.259 e. The first-order chi connectivity index (χ1) is 8.18. The Kier molecular flexibility index (Phi) is 3.09. The molecule has 0 aliphatic carbocycles. The van der Waals surface area contributed by atoms with Crippen molar-refractivity contribution in [1.29, 1.82) is 0 Å². The number of aromatic nitrogens is 1. The van der Waals surface area contributed by atoms with Crippen molar-refractivity contribution in [3.05, 3.63) is 58.4 Å². The molecule has 2 aromatic heterocycles. The molecule has 88 valence electrons. The van der Waals surface area contributed by atoms with Gasteiger partial charge in [-0.05, 0) is 12.1 Å². The lowest BCUT2D eigenvalue weighted by atomic mass is 10.2. The Morgan fingerprint density at radius 3 is 2.94 bits per heavy atom. The predicted molar refractivity (Wildman–Crippen MR) is 61.6 cm³/mol. The quantitative estimate of drug-likeness (QED) is 0.865. The molecule has 17 heavy (non-hydrogen) atoms. The highest BCUT2D eigenvalue weighted by Crippen LogP contribution is 2.06. The van der Waals surface area contributed by atoms with E-state index in [1.807, 2.05) is 0 Å². The van der Waals surface area contributed by atoms with Crippen LogP contribution in [0.1, 0.15) is 16.1 Å². The van der Waals surface area contributed by atoms with E-state index >= 15 is 0 Å². The summed E-state index contributed by atoms with van der Waals surface area (Å²) in [6.45, 7) is 0.333. The summed E-state index contributed by atoms with van der Waals surface area (Å²) in [6.07, 6.45) is 4.44. The van der Waals surface area contributed by atoms with Gasteiger partial charge in [0, 0.05) is 25.5 Å². The molecule has 5 nitrogen and oxygen atoms in total. The normalized spacial score (nSPS) is 10.2. The van der Waals surface area contributed by atoms with Crippen molar-refractivity contribution >= 4 is 5.91 Å². The summed E-state index contributed by atoms with van der Waals surface area (Å²) in [5.74, 6) is 0.344. The van der Waals surface area contributed by atoms with Gasteiger partial charge in [0.05, 0.1) is 12.8 Å². The second-order valence-electron chi connectivity index (χ2n) is 3.66. The Bertz CT molecular complexity index is 557. The van der Waals surface area contributed by atoms with E-state index in [1.165, 1.54) is 23.4 Å². The van der Waals surface area contributed by atoms with Crippen LogP contribution in [0, 0.1) is 0 Å². The van der Waals surface area contributed by atoms with Gasteiger partial charge in [0.15, 0.2) is 5.43 Å². The van der Waals surface area contributed by atoms with Crippen LogP contribution in [-0.4, -0.2) is 22.8 Å². The number of carbonyl (C=O) groups excluding carboxylic acids is 1. The molecule has 2 aromatic rings. The smallest absolute Gasteiger partial charge is 0.259 e. The summed E-state index contributed by atoms with van der Waals surface area (Å²) < 4.78 is 5.14. The van der Waals surface area contributed by atoms with E-state index in [-0.39, 0.29) is 16.9 Å². The van der Waals surface area contributed by atoms with Gasteiger partial charge >= 0.3 is 0 Å². The summed E-state index contributed by atoms with van der Waals surface area (Å²) >= 11 is 0. The molecule has 0 saturated carbocycles. The van der Waals surface area contributed by atoms with Crippen molar-refractivity contribution in [3.63, 3.8) is 0 Å². The largest absolute Gasteiger partial charge is 0.467 e. The SMILES string of the molecule is CN(Cc1ccco1)C(=O)c1c[nH]ccc1=O. The molecule has 0 spiro atoms. The molecule has 0 unspecified atom stereocenters. The molecule has 0 aliphatic heterocycles. The predicted octanol–water partition coefficient (Wildman–Crippen LogP) is 1.24. The number of rotatable bonds is 3. The van der Waals surface area contributed by atoms with E-state index in [4.69, 9.17) is 4.42 Å². The summed E-state index contributed by atoms with van der Waals surface area (Å²) in [5.41, 5.74) is -0.165. The monoisotopic (exact) mass is 232 g/mol. The fraction of sp³-hybridized carbons (Fsp3) is 0.167. The maximum absolute atomic E-state index is 12.0. The third kappa shape index (κ3) is 2.44. The van der Waals surface area contributed by atoms with Gasteiger partial charge in [-0.15, -0.1) is 0 Å². The molecule has 1 N–H and O–H groups in total. The van der Waals surface area contributed by atoms with Gasteiger partial charge in [-0.3, -0.25) is 9.59 Å². The lowest BCUT2D eigenvalue weighted by molar-refractivity contribution is 0.0774. The molecule has 0 aromatic carbocycles. The zero-order valence-electron chi connectivity index (χ0n) is 9.34. The van der Waals surface area contributed by atoms with Crippen molar-refractivity contribution in [2.45, 2.75) is 6.54 Å². The Labute approximate surface area is 97.7 Å². The number of nitrogens with one attached hydrogen (secondary N) is 1. The average Bonchev–Trinajstić information content (AvgIpc) is 2.81. The van der Waals surface area contributed by atoms with Gasteiger partial charge in [0.2, 0.25) is 0 Å².